The maximum atomic E-state index is 11.9. The molecule has 0 aliphatic carbocycles. The van der Waals surface area contributed by atoms with Gasteiger partial charge in [0.15, 0.2) is 11.5 Å². The third-order valence-corrected chi connectivity index (χ3v) is 3.75. The lowest BCUT2D eigenvalue weighted by Gasteiger charge is -2.09. The van der Waals surface area contributed by atoms with Gasteiger partial charge in [-0.1, -0.05) is 29.3 Å². The van der Waals surface area contributed by atoms with Crippen LogP contribution in [0.2, 0.25) is 10.0 Å². The van der Waals surface area contributed by atoms with Gasteiger partial charge in [0.25, 0.3) is 0 Å². The fraction of sp³-hybridized carbons (Fsp3) is 0.118. The first kappa shape index (κ1) is 19.6. The van der Waals surface area contributed by atoms with Crippen LogP contribution in [-0.4, -0.2) is 32.2 Å². The number of methoxy groups -OCH3 is 2. The highest BCUT2D eigenvalue weighted by Gasteiger charge is 2.15. The number of hydrogen-bond acceptors (Lipinski definition) is 5. The Morgan fingerprint density at radius 2 is 1.85 bits per heavy atom. The minimum atomic E-state index is -0.973. The molecule has 136 valence electrons. The van der Waals surface area contributed by atoms with Gasteiger partial charge < -0.3 is 14.8 Å². The summed E-state index contributed by atoms with van der Waals surface area (Å²) in [5.74, 6) is -0.956. The number of hydrogen-bond donors (Lipinski definition) is 2. The molecule has 0 aromatic heterocycles. The second kappa shape index (κ2) is 9.07. The van der Waals surface area contributed by atoms with E-state index in [2.05, 4.69) is 15.8 Å². The Morgan fingerprint density at radius 1 is 1.08 bits per heavy atom. The Balaban J connectivity index is 2.03. The zero-order valence-electron chi connectivity index (χ0n) is 13.9. The van der Waals surface area contributed by atoms with Gasteiger partial charge in [0.05, 0.1) is 31.1 Å². The van der Waals surface area contributed by atoms with E-state index in [0.29, 0.717) is 22.1 Å². The van der Waals surface area contributed by atoms with E-state index < -0.39 is 11.8 Å². The predicted octanol–water partition coefficient (Wildman–Crippen LogP) is 3.10. The Labute approximate surface area is 159 Å². The van der Waals surface area contributed by atoms with Crippen LogP contribution in [0.3, 0.4) is 0 Å². The van der Waals surface area contributed by atoms with Crippen molar-refractivity contribution < 1.29 is 19.1 Å². The second-order valence-electron chi connectivity index (χ2n) is 4.86. The van der Waals surface area contributed by atoms with Crippen LogP contribution in [0, 0.1) is 0 Å². The number of ether oxygens (including phenoxy) is 2. The normalized spacial score (nSPS) is 10.5. The van der Waals surface area contributed by atoms with Crippen molar-refractivity contribution in [1.29, 1.82) is 0 Å². The number of nitrogens with one attached hydrogen (secondary N) is 2. The van der Waals surface area contributed by atoms with Gasteiger partial charge in [-0.15, -0.1) is 0 Å². The van der Waals surface area contributed by atoms with Crippen LogP contribution in [-0.2, 0) is 9.59 Å². The summed E-state index contributed by atoms with van der Waals surface area (Å²) >= 11 is 11.8. The third-order valence-electron chi connectivity index (χ3n) is 3.19. The summed E-state index contributed by atoms with van der Waals surface area (Å²) in [5, 5.41) is 6.72. The van der Waals surface area contributed by atoms with Gasteiger partial charge in [0.1, 0.15) is 0 Å². The van der Waals surface area contributed by atoms with Crippen molar-refractivity contribution in [2.24, 2.45) is 5.10 Å². The lowest BCUT2D eigenvalue weighted by molar-refractivity contribution is -0.136. The number of carbonyl (C=O) groups is 2. The number of nitrogens with zero attached hydrogens (tertiary/aromatic N) is 1. The molecule has 0 bridgehead atoms. The first-order chi connectivity index (χ1) is 12.5. The Hall–Kier alpha value is -2.77. The Kier molecular flexibility index (Phi) is 6.82. The molecule has 0 radical (unpaired) electrons. The van der Waals surface area contributed by atoms with Crippen molar-refractivity contribution in [3.8, 4) is 11.5 Å². The van der Waals surface area contributed by atoms with Crippen LogP contribution in [0.25, 0.3) is 0 Å². The van der Waals surface area contributed by atoms with Crippen molar-refractivity contribution in [3.05, 3.63) is 52.0 Å². The molecule has 2 amide bonds. The number of anilines is 1. The van der Waals surface area contributed by atoms with E-state index in [9.17, 15) is 9.59 Å². The minimum absolute atomic E-state index is 0.220. The van der Waals surface area contributed by atoms with Gasteiger partial charge in [-0.3, -0.25) is 9.59 Å². The van der Waals surface area contributed by atoms with Crippen molar-refractivity contribution in [2.75, 3.05) is 19.5 Å². The Bertz CT molecular complexity index is 856. The summed E-state index contributed by atoms with van der Waals surface area (Å²) < 4.78 is 10.4. The summed E-state index contributed by atoms with van der Waals surface area (Å²) in [7, 11) is 2.99. The fourth-order valence-electron chi connectivity index (χ4n) is 2.00. The molecule has 0 heterocycles. The Morgan fingerprint density at radius 3 is 2.54 bits per heavy atom. The molecule has 0 atom stereocenters. The molecular formula is C17H15Cl2N3O4. The zero-order chi connectivity index (χ0) is 19.1. The van der Waals surface area contributed by atoms with Crippen LogP contribution < -0.4 is 20.2 Å². The molecular weight excluding hydrogens is 381 g/mol. The standard InChI is InChI=1S/C17H15Cl2N3O4/c1-25-14-5-3-4-10(15(14)26-2)9-20-22-17(24)16(23)21-13-8-11(18)6-7-12(13)19/h3-9H,1-2H3,(H,21,23)(H,22,24)/b20-9+. The molecule has 0 unspecified atom stereocenters. The number of rotatable bonds is 5. The van der Waals surface area contributed by atoms with E-state index in [1.165, 1.54) is 32.6 Å². The second-order valence-corrected chi connectivity index (χ2v) is 5.70. The number of hydrazone groups is 1. The van der Waals surface area contributed by atoms with Crippen LogP contribution >= 0.6 is 23.2 Å². The fourth-order valence-corrected chi connectivity index (χ4v) is 2.33. The van der Waals surface area contributed by atoms with E-state index in [1.807, 2.05) is 0 Å². The molecule has 2 aromatic carbocycles. The van der Waals surface area contributed by atoms with Crippen molar-refractivity contribution in [3.63, 3.8) is 0 Å². The molecule has 0 saturated carbocycles. The molecule has 0 fully saturated rings. The minimum Gasteiger partial charge on any atom is -0.493 e. The molecule has 26 heavy (non-hydrogen) atoms. The highest BCUT2D eigenvalue weighted by molar-refractivity contribution is 6.42. The van der Waals surface area contributed by atoms with E-state index in [-0.39, 0.29) is 10.7 Å². The number of halogens is 2. The number of para-hydroxylation sites is 1. The molecule has 2 N–H and O–H groups in total. The van der Waals surface area contributed by atoms with Crippen molar-refractivity contribution in [1.82, 2.24) is 5.43 Å². The van der Waals surface area contributed by atoms with E-state index in [4.69, 9.17) is 32.7 Å². The summed E-state index contributed by atoms with van der Waals surface area (Å²) in [5.41, 5.74) is 2.90. The molecule has 0 aliphatic heterocycles. The van der Waals surface area contributed by atoms with Crippen LogP contribution in [0.15, 0.2) is 41.5 Å². The summed E-state index contributed by atoms with van der Waals surface area (Å²) in [6.07, 6.45) is 1.33. The largest absolute Gasteiger partial charge is 0.493 e. The van der Waals surface area contributed by atoms with Crippen molar-refractivity contribution in [2.45, 2.75) is 0 Å². The number of carbonyl (C=O) groups excluding carboxylic acids is 2. The average Bonchev–Trinajstić information content (AvgIpc) is 2.64. The first-order valence-electron chi connectivity index (χ1n) is 7.26. The molecule has 0 spiro atoms. The smallest absolute Gasteiger partial charge is 0.329 e. The van der Waals surface area contributed by atoms with E-state index in [1.54, 1.807) is 24.3 Å². The van der Waals surface area contributed by atoms with E-state index >= 15 is 0 Å². The number of amides is 2. The topological polar surface area (TPSA) is 89.0 Å². The van der Waals surface area contributed by atoms with Gasteiger partial charge in [-0.05, 0) is 30.3 Å². The van der Waals surface area contributed by atoms with Gasteiger partial charge in [-0.25, -0.2) is 5.43 Å². The molecule has 0 aliphatic rings. The number of benzene rings is 2. The lowest BCUT2D eigenvalue weighted by Crippen LogP contribution is -2.32. The summed E-state index contributed by atoms with van der Waals surface area (Å²) in [4.78, 5) is 23.7. The van der Waals surface area contributed by atoms with Gasteiger partial charge in [0, 0.05) is 10.6 Å². The quantitative estimate of drug-likeness (QED) is 0.462. The first-order valence-corrected chi connectivity index (χ1v) is 8.02. The predicted molar refractivity (Wildman–Crippen MR) is 100 cm³/mol. The molecule has 7 nitrogen and oxygen atoms in total. The third kappa shape index (κ3) is 4.87. The zero-order valence-corrected chi connectivity index (χ0v) is 15.4. The highest BCUT2D eigenvalue weighted by atomic mass is 35.5. The molecule has 0 saturated heterocycles. The lowest BCUT2D eigenvalue weighted by atomic mass is 10.2. The summed E-state index contributed by atoms with van der Waals surface area (Å²) in [6.45, 7) is 0. The molecule has 2 rings (SSSR count). The van der Waals surface area contributed by atoms with Gasteiger partial charge >= 0.3 is 11.8 Å². The maximum Gasteiger partial charge on any atom is 0.329 e. The van der Waals surface area contributed by atoms with Gasteiger partial charge in [0.2, 0.25) is 0 Å². The van der Waals surface area contributed by atoms with Crippen LogP contribution in [0.1, 0.15) is 5.56 Å². The summed E-state index contributed by atoms with van der Waals surface area (Å²) in [6, 6.07) is 9.66. The van der Waals surface area contributed by atoms with Crippen LogP contribution in [0.5, 0.6) is 11.5 Å². The molecule has 9 heteroatoms. The van der Waals surface area contributed by atoms with Gasteiger partial charge in [-0.2, -0.15) is 5.10 Å². The van der Waals surface area contributed by atoms with Crippen molar-refractivity contribution >= 4 is 46.9 Å². The SMILES string of the molecule is COc1cccc(/C=N/NC(=O)C(=O)Nc2cc(Cl)ccc2Cl)c1OC. The van der Waals surface area contributed by atoms with Crippen LogP contribution in [0.4, 0.5) is 5.69 Å². The van der Waals surface area contributed by atoms with E-state index in [0.717, 1.165) is 0 Å². The highest BCUT2D eigenvalue weighted by Crippen LogP contribution is 2.29. The monoisotopic (exact) mass is 395 g/mol. The maximum absolute atomic E-state index is 11.9. The average molecular weight is 396 g/mol. The molecule has 2 aromatic rings.